The Bertz CT molecular complexity index is 614. The summed E-state index contributed by atoms with van der Waals surface area (Å²) in [5.74, 6) is 0.0323. The zero-order valence-electron chi connectivity index (χ0n) is 15.7. The highest BCUT2D eigenvalue weighted by Crippen LogP contribution is 2.39. The van der Waals surface area contributed by atoms with E-state index in [0.29, 0.717) is 11.0 Å². The SMILES string of the molecule is CC(C)C(=O)Nc1ccc(C(=O)N2CCC3(CCNCC3)CC2)cc1.Cl. The van der Waals surface area contributed by atoms with Gasteiger partial charge in [0.05, 0.1) is 0 Å². The fraction of sp³-hybridized carbons (Fsp3) is 0.600. The van der Waals surface area contributed by atoms with Crippen molar-refractivity contribution in [1.82, 2.24) is 10.2 Å². The lowest BCUT2D eigenvalue weighted by atomic mass is 9.71. The summed E-state index contributed by atoms with van der Waals surface area (Å²) in [6.45, 7) is 7.64. The predicted octanol–water partition coefficient (Wildman–Crippen LogP) is 3.31. The van der Waals surface area contributed by atoms with Crippen molar-refractivity contribution >= 4 is 29.9 Å². The molecule has 1 spiro atoms. The Morgan fingerprint density at radius 1 is 1.04 bits per heavy atom. The van der Waals surface area contributed by atoms with Crippen molar-refractivity contribution in [3.8, 4) is 0 Å². The zero-order chi connectivity index (χ0) is 17.9. The van der Waals surface area contributed by atoms with Crippen LogP contribution in [0.25, 0.3) is 0 Å². The summed E-state index contributed by atoms with van der Waals surface area (Å²) >= 11 is 0. The summed E-state index contributed by atoms with van der Waals surface area (Å²) < 4.78 is 0. The van der Waals surface area contributed by atoms with Gasteiger partial charge in [-0.15, -0.1) is 12.4 Å². The zero-order valence-corrected chi connectivity index (χ0v) is 16.5. The number of nitrogens with zero attached hydrogens (tertiary/aromatic N) is 1. The third-order valence-corrected chi connectivity index (χ3v) is 5.70. The van der Waals surface area contributed by atoms with Gasteiger partial charge in [0.1, 0.15) is 0 Å². The van der Waals surface area contributed by atoms with Crippen LogP contribution in [-0.2, 0) is 4.79 Å². The second-order valence-electron chi connectivity index (χ2n) is 7.76. The molecule has 6 heteroatoms. The summed E-state index contributed by atoms with van der Waals surface area (Å²) in [6.07, 6.45) is 4.70. The largest absolute Gasteiger partial charge is 0.339 e. The highest BCUT2D eigenvalue weighted by molar-refractivity contribution is 5.96. The maximum absolute atomic E-state index is 12.7. The molecular weight excluding hydrogens is 350 g/mol. The first-order chi connectivity index (χ1) is 12.0. The molecule has 2 amide bonds. The maximum Gasteiger partial charge on any atom is 0.253 e. The first-order valence-electron chi connectivity index (χ1n) is 9.40. The van der Waals surface area contributed by atoms with Crippen molar-refractivity contribution < 1.29 is 9.59 Å². The van der Waals surface area contributed by atoms with E-state index in [-0.39, 0.29) is 30.1 Å². The van der Waals surface area contributed by atoms with Crippen LogP contribution in [0.3, 0.4) is 0 Å². The smallest absolute Gasteiger partial charge is 0.253 e. The Balaban J connectivity index is 0.00000243. The van der Waals surface area contributed by atoms with E-state index in [1.807, 2.05) is 43.0 Å². The van der Waals surface area contributed by atoms with Crippen molar-refractivity contribution in [1.29, 1.82) is 0 Å². The number of carbonyl (C=O) groups excluding carboxylic acids is 2. The molecule has 144 valence electrons. The van der Waals surface area contributed by atoms with E-state index in [9.17, 15) is 9.59 Å². The number of benzene rings is 1. The number of anilines is 1. The number of hydrogen-bond acceptors (Lipinski definition) is 3. The molecule has 2 aliphatic rings. The van der Waals surface area contributed by atoms with Crippen LogP contribution in [0, 0.1) is 11.3 Å². The minimum atomic E-state index is -0.0584. The number of piperidine rings is 2. The number of halogens is 1. The van der Waals surface area contributed by atoms with Gasteiger partial charge in [-0.05, 0) is 68.5 Å². The van der Waals surface area contributed by atoms with Crippen LogP contribution in [0.4, 0.5) is 5.69 Å². The molecular formula is C20H30ClN3O2. The van der Waals surface area contributed by atoms with Crippen LogP contribution >= 0.6 is 12.4 Å². The summed E-state index contributed by atoms with van der Waals surface area (Å²) in [4.78, 5) is 26.5. The number of likely N-dealkylation sites (tertiary alicyclic amines) is 1. The van der Waals surface area contributed by atoms with Crippen molar-refractivity contribution in [2.24, 2.45) is 11.3 Å². The molecule has 2 saturated heterocycles. The van der Waals surface area contributed by atoms with Gasteiger partial charge in [-0.2, -0.15) is 0 Å². The molecule has 5 nitrogen and oxygen atoms in total. The van der Waals surface area contributed by atoms with E-state index in [1.54, 1.807) is 0 Å². The van der Waals surface area contributed by atoms with E-state index >= 15 is 0 Å². The van der Waals surface area contributed by atoms with Gasteiger partial charge in [0.2, 0.25) is 5.91 Å². The number of carbonyl (C=O) groups is 2. The van der Waals surface area contributed by atoms with E-state index in [0.717, 1.165) is 44.7 Å². The number of rotatable bonds is 3. The van der Waals surface area contributed by atoms with Crippen LogP contribution in [0.1, 0.15) is 49.9 Å². The van der Waals surface area contributed by atoms with Crippen molar-refractivity contribution in [2.45, 2.75) is 39.5 Å². The molecule has 0 atom stereocenters. The molecule has 0 aromatic heterocycles. The lowest BCUT2D eigenvalue weighted by Gasteiger charge is -2.44. The van der Waals surface area contributed by atoms with Gasteiger partial charge in [0, 0.05) is 30.3 Å². The monoisotopic (exact) mass is 379 g/mol. The Morgan fingerprint density at radius 3 is 2.15 bits per heavy atom. The Hall–Kier alpha value is -1.59. The molecule has 0 bridgehead atoms. The summed E-state index contributed by atoms with van der Waals surface area (Å²) in [7, 11) is 0. The second-order valence-corrected chi connectivity index (χ2v) is 7.76. The van der Waals surface area contributed by atoms with E-state index in [4.69, 9.17) is 0 Å². The van der Waals surface area contributed by atoms with Gasteiger partial charge >= 0.3 is 0 Å². The molecule has 26 heavy (non-hydrogen) atoms. The normalized spacial score (nSPS) is 19.1. The fourth-order valence-electron chi connectivity index (χ4n) is 3.81. The minimum Gasteiger partial charge on any atom is -0.339 e. The Morgan fingerprint density at radius 2 is 1.62 bits per heavy atom. The molecule has 1 aromatic carbocycles. The van der Waals surface area contributed by atoms with Crippen LogP contribution in [0.2, 0.25) is 0 Å². The maximum atomic E-state index is 12.7. The summed E-state index contributed by atoms with van der Waals surface area (Å²) in [6, 6.07) is 7.25. The van der Waals surface area contributed by atoms with Crippen LogP contribution in [0.15, 0.2) is 24.3 Å². The topological polar surface area (TPSA) is 61.4 Å². The molecule has 0 unspecified atom stereocenters. The van der Waals surface area contributed by atoms with E-state index < -0.39 is 0 Å². The van der Waals surface area contributed by atoms with Crippen LogP contribution in [-0.4, -0.2) is 42.9 Å². The van der Waals surface area contributed by atoms with Crippen molar-refractivity contribution in [3.63, 3.8) is 0 Å². The lowest BCUT2D eigenvalue weighted by Crippen LogP contribution is -2.47. The van der Waals surface area contributed by atoms with Crippen LogP contribution < -0.4 is 10.6 Å². The number of amides is 2. The molecule has 1 aromatic rings. The fourth-order valence-corrected chi connectivity index (χ4v) is 3.81. The second kappa shape index (κ2) is 8.87. The molecule has 0 radical (unpaired) electrons. The molecule has 2 heterocycles. The van der Waals surface area contributed by atoms with Gasteiger partial charge < -0.3 is 15.5 Å². The van der Waals surface area contributed by atoms with E-state index in [1.165, 1.54) is 12.8 Å². The molecule has 0 aliphatic carbocycles. The van der Waals surface area contributed by atoms with E-state index in [2.05, 4.69) is 10.6 Å². The average molecular weight is 380 g/mol. The third kappa shape index (κ3) is 4.77. The van der Waals surface area contributed by atoms with Gasteiger partial charge in [-0.25, -0.2) is 0 Å². The van der Waals surface area contributed by atoms with Crippen molar-refractivity contribution in [2.75, 3.05) is 31.5 Å². The van der Waals surface area contributed by atoms with Crippen LogP contribution in [0.5, 0.6) is 0 Å². The first-order valence-corrected chi connectivity index (χ1v) is 9.40. The first kappa shape index (κ1) is 20.7. The van der Waals surface area contributed by atoms with Gasteiger partial charge in [0.25, 0.3) is 5.91 Å². The lowest BCUT2D eigenvalue weighted by molar-refractivity contribution is -0.118. The van der Waals surface area contributed by atoms with Gasteiger partial charge in [0.15, 0.2) is 0 Å². The summed E-state index contributed by atoms with van der Waals surface area (Å²) in [5.41, 5.74) is 1.89. The predicted molar refractivity (Wildman–Crippen MR) is 107 cm³/mol. The number of nitrogens with one attached hydrogen (secondary N) is 2. The summed E-state index contributed by atoms with van der Waals surface area (Å²) in [5, 5.41) is 6.29. The van der Waals surface area contributed by atoms with Gasteiger partial charge in [-0.1, -0.05) is 13.8 Å². The third-order valence-electron chi connectivity index (χ3n) is 5.70. The number of hydrogen-bond donors (Lipinski definition) is 2. The molecule has 2 N–H and O–H groups in total. The van der Waals surface area contributed by atoms with Crippen molar-refractivity contribution in [3.05, 3.63) is 29.8 Å². The molecule has 0 saturated carbocycles. The highest BCUT2D eigenvalue weighted by atomic mass is 35.5. The molecule has 3 rings (SSSR count). The molecule has 2 aliphatic heterocycles. The molecule has 2 fully saturated rings. The highest BCUT2D eigenvalue weighted by Gasteiger charge is 2.36. The Labute approximate surface area is 162 Å². The quantitative estimate of drug-likeness (QED) is 0.846. The standard InChI is InChI=1S/C20H29N3O2.ClH/c1-15(2)18(24)22-17-5-3-16(4-6-17)19(25)23-13-9-20(10-14-23)7-11-21-12-8-20;/h3-6,15,21H,7-14H2,1-2H3,(H,22,24);1H. The van der Waals surface area contributed by atoms with Gasteiger partial charge in [-0.3, -0.25) is 9.59 Å². The minimum absolute atomic E-state index is 0. The average Bonchev–Trinajstić information content (AvgIpc) is 2.63. The Kier molecular flexibility index (Phi) is 7.07.